The van der Waals surface area contributed by atoms with Crippen molar-refractivity contribution in [2.45, 2.75) is 23.9 Å². The fraction of sp³-hybridized carbons (Fsp3) is 0.450. The van der Waals surface area contributed by atoms with Crippen LogP contribution in [0, 0.1) is 11.7 Å². The quantitative estimate of drug-likeness (QED) is 0.635. The van der Waals surface area contributed by atoms with E-state index in [4.69, 9.17) is 14.6 Å². The molecule has 4 rings (SSSR count). The smallest absolute Gasteiger partial charge is 0.475 e. The van der Waals surface area contributed by atoms with Crippen LogP contribution in [0.15, 0.2) is 42.7 Å². The van der Waals surface area contributed by atoms with E-state index in [0.29, 0.717) is 26.1 Å². The maximum Gasteiger partial charge on any atom is 0.490 e. The standard InChI is InChI=1S/C18H20FN3O3S.C2HF3O2/c19-16-4-1-3-14(9-16)10-22-12-18(13-22)15(5-8-26(18,23)24)11-25-17-20-6-2-7-21-17;3-2(4,5)1(6)7/h1-4,6-7,9,15H,5,8,10-13H2;(H,6,7). The Morgan fingerprint density at radius 2 is 1.85 bits per heavy atom. The fourth-order valence-corrected chi connectivity index (χ4v) is 6.41. The molecule has 1 aromatic carbocycles. The van der Waals surface area contributed by atoms with E-state index in [0.717, 1.165) is 5.56 Å². The predicted octanol–water partition coefficient (Wildman–Crippen LogP) is 2.32. The molecule has 0 saturated carbocycles. The Morgan fingerprint density at radius 1 is 1.21 bits per heavy atom. The molecule has 8 nitrogen and oxygen atoms in total. The number of aromatic nitrogens is 2. The fourth-order valence-electron chi connectivity index (χ4n) is 3.96. The molecule has 2 saturated heterocycles. The van der Waals surface area contributed by atoms with Crippen LogP contribution in [0.4, 0.5) is 17.6 Å². The number of benzene rings is 1. The summed E-state index contributed by atoms with van der Waals surface area (Å²) in [6, 6.07) is 8.38. The number of likely N-dealkylation sites (tertiary alicyclic amines) is 1. The van der Waals surface area contributed by atoms with Crippen molar-refractivity contribution in [2.75, 3.05) is 25.4 Å². The Hall–Kier alpha value is -2.80. The van der Waals surface area contributed by atoms with E-state index in [9.17, 15) is 26.0 Å². The monoisotopic (exact) mass is 491 g/mol. The van der Waals surface area contributed by atoms with E-state index in [1.165, 1.54) is 12.1 Å². The molecule has 1 aromatic heterocycles. The van der Waals surface area contributed by atoms with Gasteiger partial charge in [0.25, 0.3) is 0 Å². The van der Waals surface area contributed by atoms with Crippen LogP contribution in [0.2, 0.25) is 0 Å². The third-order valence-corrected chi connectivity index (χ3v) is 8.18. The second-order valence-corrected chi connectivity index (χ2v) is 10.2. The molecule has 180 valence electrons. The summed E-state index contributed by atoms with van der Waals surface area (Å²) in [6.45, 7) is 1.74. The SMILES string of the molecule is O=C(O)C(F)(F)F.O=S1(=O)CCC(COc2ncccn2)C12CN(Cc1cccc(F)c1)C2. The summed E-state index contributed by atoms with van der Waals surface area (Å²) in [5.74, 6) is -2.93. The number of alkyl halides is 3. The highest BCUT2D eigenvalue weighted by Gasteiger charge is 2.61. The van der Waals surface area contributed by atoms with Crippen molar-refractivity contribution in [3.8, 4) is 6.01 Å². The lowest BCUT2D eigenvalue weighted by Crippen LogP contribution is -2.67. The lowest BCUT2D eigenvalue weighted by Gasteiger charge is -2.50. The first kappa shape index (κ1) is 24.8. The van der Waals surface area contributed by atoms with E-state index in [1.807, 2.05) is 11.0 Å². The van der Waals surface area contributed by atoms with Gasteiger partial charge in [-0.1, -0.05) is 12.1 Å². The molecule has 33 heavy (non-hydrogen) atoms. The van der Waals surface area contributed by atoms with Crippen LogP contribution in [0.25, 0.3) is 0 Å². The number of nitrogens with zero attached hydrogens (tertiary/aromatic N) is 3. The van der Waals surface area contributed by atoms with E-state index in [2.05, 4.69) is 9.97 Å². The van der Waals surface area contributed by atoms with Crippen molar-refractivity contribution in [2.24, 2.45) is 5.92 Å². The molecular formula is C20H21F4N3O5S. The van der Waals surface area contributed by atoms with Gasteiger partial charge in [0, 0.05) is 37.9 Å². The summed E-state index contributed by atoms with van der Waals surface area (Å²) < 4.78 is 75.3. The van der Waals surface area contributed by atoms with Crippen LogP contribution >= 0.6 is 0 Å². The largest absolute Gasteiger partial charge is 0.490 e. The summed E-state index contributed by atoms with van der Waals surface area (Å²) in [4.78, 5) is 19.0. The molecule has 1 N–H and O–H groups in total. The highest BCUT2D eigenvalue weighted by Crippen LogP contribution is 2.45. The number of hydrogen-bond donors (Lipinski definition) is 1. The number of carboxylic acid groups (broad SMARTS) is 1. The minimum Gasteiger partial charge on any atom is -0.475 e. The Kier molecular flexibility index (Phi) is 7.22. The lowest BCUT2D eigenvalue weighted by molar-refractivity contribution is -0.192. The van der Waals surface area contributed by atoms with Crippen LogP contribution < -0.4 is 4.74 Å². The van der Waals surface area contributed by atoms with Crippen molar-refractivity contribution < 1.29 is 40.6 Å². The summed E-state index contributed by atoms with van der Waals surface area (Å²) in [5.41, 5.74) is 0.848. The number of aliphatic carboxylic acids is 1. The number of carbonyl (C=O) groups is 1. The van der Waals surface area contributed by atoms with Gasteiger partial charge >= 0.3 is 18.2 Å². The van der Waals surface area contributed by atoms with Crippen LogP contribution in [0.1, 0.15) is 12.0 Å². The third-order valence-electron chi connectivity index (χ3n) is 5.57. The van der Waals surface area contributed by atoms with Gasteiger partial charge in [-0.2, -0.15) is 13.2 Å². The third kappa shape index (κ3) is 5.77. The summed E-state index contributed by atoms with van der Waals surface area (Å²) in [6.07, 6.45) is -1.32. The first-order valence-corrected chi connectivity index (χ1v) is 11.5. The molecule has 2 aliphatic rings. The van der Waals surface area contributed by atoms with Gasteiger partial charge < -0.3 is 9.84 Å². The van der Waals surface area contributed by atoms with Crippen LogP contribution in [-0.2, 0) is 21.2 Å². The van der Waals surface area contributed by atoms with Gasteiger partial charge in [0.15, 0.2) is 9.84 Å². The summed E-state index contributed by atoms with van der Waals surface area (Å²) in [5, 5.41) is 7.12. The maximum atomic E-state index is 13.3. The minimum absolute atomic E-state index is 0.0833. The molecule has 0 radical (unpaired) electrons. The van der Waals surface area contributed by atoms with E-state index in [1.54, 1.807) is 24.5 Å². The molecule has 1 atom stereocenters. The molecule has 2 aromatic rings. The van der Waals surface area contributed by atoms with E-state index < -0.39 is 26.7 Å². The number of halogens is 4. The lowest BCUT2D eigenvalue weighted by atomic mass is 9.83. The van der Waals surface area contributed by atoms with Crippen molar-refractivity contribution in [1.29, 1.82) is 0 Å². The second-order valence-electron chi connectivity index (χ2n) is 7.79. The number of carboxylic acids is 1. The van der Waals surface area contributed by atoms with Gasteiger partial charge in [0.2, 0.25) is 0 Å². The molecular weight excluding hydrogens is 470 g/mol. The Balaban J connectivity index is 0.000000383. The van der Waals surface area contributed by atoms with Gasteiger partial charge in [-0.15, -0.1) is 0 Å². The second kappa shape index (κ2) is 9.59. The van der Waals surface area contributed by atoms with Gasteiger partial charge in [-0.25, -0.2) is 27.6 Å². The van der Waals surface area contributed by atoms with Crippen molar-refractivity contribution in [3.63, 3.8) is 0 Å². The molecule has 0 aliphatic carbocycles. The van der Waals surface area contributed by atoms with Crippen LogP contribution in [0.3, 0.4) is 0 Å². The molecule has 0 amide bonds. The Morgan fingerprint density at radius 3 is 2.42 bits per heavy atom. The number of rotatable bonds is 5. The Bertz CT molecular complexity index is 1080. The first-order chi connectivity index (χ1) is 15.4. The van der Waals surface area contributed by atoms with Gasteiger partial charge in [0.05, 0.1) is 12.4 Å². The predicted molar refractivity (Wildman–Crippen MR) is 108 cm³/mol. The van der Waals surface area contributed by atoms with E-state index >= 15 is 0 Å². The van der Waals surface area contributed by atoms with Crippen molar-refractivity contribution >= 4 is 15.8 Å². The molecule has 0 bridgehead atoms. The van der Waals surface area contributed by atoms with E-state index in [-0.39, 0.29) is 30.1 Å². The van der Waals surface area contributed by atoms with Crippen LogP contribution in [0.5, 0.6) is 6.01 Å². The molecule has 3 heterocycles. The maximum absolute atomic E-state index is 13.3. The zero-order valence-corrected chi connectivity index (χ0v) is 18.0. The highest BCUT2D eigenvalue weighted by atomic mass is 32.2. The summed E-state index contributed by atoms with van der Waals surface area (Å²) in [7, 11) is -3.17. The minimum atomic E-state index is -5.08. The average Bonchev–Trinajstić information content (AvgIpc) is 2.97. The van der Waals surface area contributed by atoms with Crippen LogP contribution in [-0.4, -0.2) is 70.7 Å². The Labute approximate surface area is 187 Å². The molecule has 1 unspecified atom stereocenters. The average molecular weight is 491 g/mol. The van der Waals surface area contributed by atoms with Gasteiger partial charge in [-0.05, 0) is 30.2 Å². The molecule has 2 aliphatic heterocycles. The van der Waals surface area contributed by atoms with Gasteiger partial charge in [-0.3, -0.25) is 4.90 Å². The topological polar surface area (TPSA) is 110 Å². The number of ether oxygens (including phenoxy) is 1. The first-order valence-electron chi connectivity index (χ1n) is 9.82. The molecule has 1 spiro atoms. The summed E-state index contributed by atoms with van der Waals surface area (Å²) >= 11 is 0. The zero-order valence-electron chi connectivity index (χ0n) is 17.2. The number of sulfone groups is 1. The normalized spacial score (nSPS) is 21.0. The molecule has 2 fully saturated rings. The zero-order chi connectivity index (χ0) is 24.3. The van der Waals surface area contributed by atoms with Gasteiger partial charge in [0.1, 0.15) is 10.6 Å². The molecule has 13 heteroatoms. The number of hydrogen-bond acceptors (Lipinski definition) is 7. The highest BCUT2D eigenvalue weighted by molar-refractivity contribution is 7.93. The van der Waals surface area contributed by atoms with Crippen molar-refractivity contribution in [3.05, 3.63) is 54.1 Å². The van der Waals surface area contributed by atoms with Crippen molar-refractivity contribution in [1.82, 2.24) is 14.9 Å².